The van der Waals surface area contributed by atoms with Crippen LogP contribution in [0.4, 0.5) is 24.5 Å². The number of anilines is 2. The quantitative estimate of drug-likeness (QED) is 0.554. The van der Waals surface area contributed by atoms with E-state index in [1.807, 2.05) is 43.3 Å². The summed E-state index contributed by atoms with van der Waals surface area (Å²) in [5.74, 6) is -0.0461. The second-order valence-electron chi connectivity index (χ2n) is 6.64. The van der Waals surface area contributed by atoms with Crippen LogP contribution in [0.2, 0.25) is 0 Å². The number of nitrogens with one attached hydrogen (secondary N) is 1. The second kappa shape index (κ2) is 8.39. The van der Waals surface area contributed by atoms with Crippen molar-refractivity contribution in [3.63, 3.8) is 0 Å². The summed E-state index contributed by atoms with van der Waals surface area (Å²) < 4.78 is 38.2. The lowest BCUT2D eigenvalue weighted by Crippen LogP contribution is -2.26. The molecule has 0 bridgehead atoms. The molecule has 0 saturated heterocycles. The van der Waals surface area contributed by atoms with Crippen molar-refractivity contribution >= 4 is 17.3 Å². The molecule has 0 aromatic heterocycles. The number of benzene rings is 3. The fraction of sp³-hybridized carbons (Fsp3) is 0.174. The van der Waals surface area contributed by atoms with Gasteiger partial charge in [0.25, 0.3) is 5.91 Å². The van der Waals surface area contributed by atoms with Gasteiger partial charge in [0.2, 0.25) is 0 Å². The van der Waals surface area contributed by atoms with Gasteiger partial charge >= 0.3 is 6.18 Å². The molecule has 0 aliphatic rings. The van der Waals surface area contributed by atoms with E-state index in [0.717, 1.165) is 28.9 Å². The van der Waals surface area contributed by atoms with Gasteiger partial charge in [0.1, 0.15) is 0 Å². The van der Waals surface area contributed by atoms with E-state index in [-0.39, 0.29) is 5.91 Å². The molecule has 1 amide bonds. The number of carbonyl (C=O) groups excluding carboxylic acids is 1. The summed E-state index contributed by atoms with van der Waals surface area (Å²) in [5.41, 5.74) is 3.02. The Labute approximate surface area is 167 Å². The van der Waals surface area contributed by atoms with Gasteiger partial charge in [-0.15, -0.1) is 0 Å². The highest BCUT2D eigenvalue weighted by molar-refractivity contribution is 5.95. The summed E-state index contributed by atoms with van der Waals surface area (Å²) in [6.07, 6.45) is -4.36. The van der Waals surface area contributed by atoms with E-state index in [4.69, 9.17) is 0 Å². The smallest absolute Gasteiger partial charge is 0.355 e. The number of rotatable bonds is 5. The molecule has 0 spiro atoms. The van der Waals surface area contributed by atoms with Crippen LogP contribution in [-0.2, 0) is 6.18 Å². The molecular weight excluding hydrogens is 377 g/mol. The van der Waals surface area contributed by atoms with Crippen LogP contribution in [-0.4, -0.2) is 24.4 Å². The Hall–Kier alpha value is -3.28. The number of para-hydroxylation sites is 1. The number of alkyl halides is 3. The molecule has 3 aromatic carbocycles. The molecule has 3 rings (SSSR count). The second-order valence-corrected chi connectivity index (χ2v) is 6.64. The first kappa shape index (κ1) is 20.5. The van der Waals surface area contributed by atoms with Crippen molar-refractivity contribution in [3.05, 3.63) is 83.9 Å². The topological polar surface area (TPSA) is 32.3 Å². The van der Waals surface area contributed by atoms with E-state index in [2.05, 4.69) is 5.32 Å². The summed E-state index contributed by atoms with van der Waals surface area (Å²) in [5, 5.41) is 3.17. The van der Waals surface area contributed by atoms with Gasteiger partial charge in [0, 0.05) is 36.1 Å². The molecule has 0 saturated carbocycles. The SMILES string of the molecule is CCN(C)C(=O)c1ccc(-c2ccccc2Nc2ccc(C(F)(F)F)cc2)cc1. The summed E-state index contributed by atoms with van der Waals surface area (Å²) in [4.78, 5) is 13.9. The molecule has 0 aliphatic carbocycles. The lowest BCUT2D eigenvalue weighted by atomic mass is 10.0. The summed E-state index contributed by atoms with van der Waals surface area (Å²) >= 11 is 0. The number of carbonyl (C=O) groups is 1. The summed E-state index contributed by atoms with van der Waals surface area (Å²) in [6.45, 7) is 2.54. The zero-order valence-electron chi connectivity index (χ0n) is 16.1. The maximum absolute atomic E-state index is 12.7. The van der Waals surface area contributed by atoms with Crippen molar-refractivity contribution in [2.24, 2.45) is 0 Å². The molecule has 0 heterocycles. The van der Waals surface area contributed by atoms with Gasteiger partial charge < -0.3 is 10.2 Å². The van der Waals surface area contributed by atoms with Gasteiger partial charge in [-0.05, 0) is 55.0 Å². The highest BCUT2D eigenvalue weighted by Crippen LogP contribution is 2.33. The predicted octanol–water partition coefficient (Wildman–Crippen LogP) is 6.21. The molecule has 3 aromatic rings. The van der Waals surface area contributed by atoms with Crippen molar-refractivity contribution in [1.82, 2.24) is 4.90 Å². The Kier molecular flexibility index (Phi) is 5.92. The minimum absolute atomic E-state index is 0.0461. The largest absolute Gasteiger partial charge is 0.416 e. The van der Waals surface area contributed by atoms with Gasteiger partial charge in [0.15, 0.2) is 0 Å². The van der Waals surface area contributed by atoms with Crippen LogP contribution in [0.15, 0.2) is 72.8 Å². The van der Waals surface area contributed by atoms with E-state index >= 15 is 0 Å². The first-order chi connectivity index (χ1) is 13.8. The van der Waals surface area contributed by atoms with E-state index in [9.17, 15) is 18.0 Å². The van der Waals surface area contributed by atoms with E-state index < -0.39 is 11.7 Å². The normalized spacial score (nSPS) is 11.2. The molecule has 0 radical (unpaired) electrons. The number of amides is 1. The molecule has 0 unspecified atom stereocenters. The van der Waals surface area contributed by atoms with Gasteiger partial charge in [-0.2, -0.15) is 13.2 Å². The summed E-state index contributed by atoms with van der Waals surface area (Å²) in [6, 6.07) is 19.7. The third-order valence-corrected chi connectivity index (χ3v) is 4.68. The Morgan fingerprint density at radius 3 is 2.14 bits per heavy atom. The third kappa shape index (κ3) is 4.77. The first-order valence-electron chi connectivity index (χ1n) is 9.19. The number of nitrogens with zero attached hydrogens (tertiary/aromatic N) is 1. The number of hydrogen-bond donors (Lipinski definition) is 1. The molecule has 6 heteroatoms. The molecule has 29 heavy (non-hydrogen) atoms. The number of halogens is 3. The van der Waals surface area contributed by atoms with Crippen LogP contribution < -0.4 is 5.32 Å². The maximum Gasteiger partial charge on any atom is 0.416 e. The monoisotopic (exact) mass is 398 g/mol. The van der Waals surface area contributed by atoms with Crippen molar-refractivity contribution in [1.29, 1.82) is 0 Å². The minimum atomic E-state index is -4.36. The Morgan fingerprint density at radius 1 is 0.931 bits per heavy atom. The zero-order chi connectivity index (χ0) is 21.0. The van der Waals surface area contributed by atoms with Crippen molar-refractivity contribution in [3.8, 4) is 11.1 Å². The molecule has 150 valence electrons. The Morgan fingerprint density at radius 2 is 1.55 bits per heavy atom. The van der Waals surface area contributed by atoms with E-state index in [0.29, 0.717) is 17.8 Å². The summed E-state index contributed by atoms with van der Waals surface area (Å²) in [7, 11) is 1.75. The lowest BCUT2D eigenvalue weighted by Gasteiger charge is -2.16. The standard InChI is InChI=1S/C23H21F3N2O/c1-3-28(2)22(29)17-10-8-16(9-11-17)20-6-4-5-7-21(20)27-19-14-12-18(13-15-19)23(24,25)26/h4-15,27H,3H2,1-2H3. The van der Waals surface area contributed by atoms with Gasteiger partial charge in [-0.3, -0.25) is 4.79 Å². The van der Waals surface area contributed by atoms with Crippen LogP contribution in [0.3, 0.4) is 0 Å². The Balaban J connectivity index is 1.85. The lowest BCUT2D eigenvalue weighted by molar-refractivity contribution is -0.137. The molecular formula is C23H21F3N2O. The van der Waals surface area contributed by atoms with Crippen LogP contribution >= 0.6 is 0 Å². The number of hydrogen-bond acceptors (Lipinski definition) is 2. The molecule has 0 fully saturated rings. The van der Waals surface area contributed by atoms with Crippen LogP contribution in [0, 0.1) is 0 Å². The molecule has 0 atom stereocenters. The molecule has 0 aliphatic heterocycles. The maximum atomic E-state index is 12.7. The van der Waals surface area contributed by atoms with Crippen LogP contribution in [0.1, 0.15) is 22.8 Å². The predicted molar refractivity (Wildman–Crippen MR) is 109 cm³/mol. The minimum Gasteiger partial charge on any atom is -0.355 e. The average molecular weight is 398 g/mol. The molecule has 1 N–H and O–H groups in total. The highest BCUT2D eigenvalue weighted by atomic mass is 19.4. The zero-order valence-corrected chi connectivity index (χ0v) is 16.1. The van der Waals surface area contributed by atoms with E-state index in [1.165, 1.54) is 12.1 Å². The molecule has 3 nitrogen and oxygen atoms in total. The van der Waals surface area contributed by atoms with Crippen LogP contribution in [0.25, 0.3) is 11.1 Å². The van der Waals surface area contributed by atoms with Crippen LogP contribution in [0.5, 0.6) is 0 Å². The fourth-order valence-corrected chi connectivity index (χ4v) is 2.90. The van der Waals surface area contributed by atoms with Crippen molar-refractivity contribution in [2.75, 3.05) is 18.9 Å². The van der Waals surface area contributed by atoms with Gasteiger partial charge in [0.05, 0.1) is 5.56 Å². The van der Waals surface area contributed by atoms with Gasteiger partial charge in [-0.1, -0.05) is 30.3 Å². The Bertz CT molecular complexity index is 980. The third-order valence-electron chi connectivity index (χ3n) is 4.68. The first-order valence-corrected chi connectivity index (χ1v) is 9.19. The van der Waals surface area contributed by atoms with Gasteiger partial charge in [-0.25, -0.2) is 0 Å². The van der Waals surface area contributed by atoms with Crippen molar-refractivity contribution < 1.29 is 18.0 Å². The average Bonchev–Trinajstić information content (AvgIpc) is 2.73. The van der Waals surface area contributed by atoms with E-state index in [1.54, 1.807) is 24.1 Å². The van der Waals surface area contributed by atoms with Crippen molar-refractivity contribution in [2.45, 2.75) is 13.1 Å². The highest BCUT2D eigenvalue weighted by Gasteiger charge is 2.29. The fourth-order valence-electron chi connectivity index (χ4n) is 2.90.